The van der Waals surface area contributed by atoms with Crippen LogP contribution in [0.2, 0.25) is 0 Å². The third kappa shape index (κ3) is 6.48. The molecule has 2 aromatic carbocycles. The first-order valence-electron chi connectivity index (χ1n) is 10.4. The van der Waals surface area contributed by atoms with Crippen LogP contribution in [0.3, 0.4) is 0 Å². The van der Waals surface area contributed by atoms with Crippen molar-refractivity contribution in [2.45, 2.75) is 19.4 Å². The van der Waals surface area contributed by atoms with Crippen LogP contribution < -0.4 is 15.5 Å². The number of ether oxygens (including phenoxy) is 1. The lowest BCUT2D eigenvalue weighted by molar-refractivity contribution is 0.122. The van der Waals surface area contributed by atoms with Crippen LogP contribution in [0.25, 0.3) is 0 Å². The van der Waals surface area contributed by atoms with Gasteiger partial charge >= 0.3 is 0 Å². The third-order valence-corrected chi connectivity index (χ3v) is 5.08. The van der Waals surface area contributed by atoms with Crippen LogP contribution in [0.4, 0.5) is 5.69 Å². The number of morpholine rings is 1. The number of aliphatic imine (C=N–C) groups is 1. The van der Waals surface area contributed by atoms with E-state index in [0.717, 1.165) is 44.4 Å². The first-order chi connectivity index (χ1) is 14.3. The van der Waals surface area contributed by atoms with Gasteiger partial charge in [-0.1, -0.05) is 42.5 Å². The number of guanidine groups is 1. The fraction of sp³-hybridized carbons (Fsp3) is 0.435. The summed E-state index contributed by atoms with van der Waals surface area (Å²) in [5, 5.41) is 16.4. The molecule has 6 heteroatoms. The molecule has 1 heterocycles. The fourth-order valence-electron chi connectivity index (χ4n) is 3.38. The number of hydrogen-bond donors (Lipinski definition) is 3. The molecule has 0 amide bonds. The minimum Gasteiger partial charge on any atom is -0.396 e. The van der Waals surface area contributed by atoms with E-state index in [9.17, 15) is 5.11 Å². The van der Waals surface area contributed by atoms with Gasteiger partial charge in [0.15, 0.2) is 5.96 Å². The van der Waals surface area contributed by atoms with Gasteiger partial charge in [-0.15, -0.1) is 0 Å². The largest absolute Gasteiger partial charge is 0.396 e. The van der Waals surface area contributed by atoms with Crippen LogP contribution in [-0.4, -0.2) is 57.1 Å². The Bertz CT molecular complexity index is 743. The van der Waals surface area contributed by atoms with Crippen LogP contribution in [-0.2, 0) is 11.3 Å². The second kappa shape index (κ2) is 11.4. The van der Waals surface area contributed by atoms with Crippen molar-refractivity contribution < 1.29 is 9.84 Å². The molecule has 1 unspecified atom stereocenters. The Hall–Kier alpha value is -2.57. The molecule has 3 N–H and O–H groups in total. The molecule has 1 aliphatic heterocycles. The van der Waals surface area contributed by atoms with Gasteiger partial charge in [0.2, 0.25) is 0 Å². The number of hydrogen-bond acceptors (Lipinski definition) is 4. The number of rotatable bonds is 8. The zero-order chi connectivity index (χ0) is 20.3. The Morgan fingerprint density at radius 2 is 1.79 bits per heavy atom. The van der Waals surface area contributed by atoms with E-state index in [-0.39, 0.29) is 12.5 Å². The molecule has 0 spiro atoms. The monoisotopic (exact) mass is 396 g/mol. The molecular formula is C23H32N4O2. The third-order valence-electron chi connectivity index (χ3n) is 5.08. The Balaban J connectivity index is 1.57. The predicted octanol–water partition coefficient (Wildman–Crippen LogP) is 2.35. The molecule has 1 saturated heterocycles. The predicted molar refractivity (Wildman–Crippen MR) is 119 cm³/mol. The van der Waals surface area contributed by atoms with Gasteiger partial charge in [0.1, 0.15) is 0 Å². The van der Waals surface area contributed by atoms with E-state index in [1.54, 1.807) is 0 Å². The van der Waals surface area contributed by atoms with Crippen molar-refractivity contribution in [3.63, 3.8) is 0 Å². The first-order valence-corrected chi connectivity index (χ1v) is 10.4. The zero-order valence-electron chi connectivity index (χ0n) is 17.2. The Labute approximate surface area is 173 Å². The lowest BCUT2D eigenvalue weighted by atomic mass is 10.0. The van der Waals surface area contributed by atoms with Crippen molar-refractivity contribution in [3.05, 3.63) is 65.7 Å². The summed E-state index contributed by atoms with van der Waals surface area (Å²) in [5.41, 5.74) is 3.53. The van der Waals surface area contributed by atoms with Crippen molar-refractivity contribution in [2.24, 2.45) is 4.99 Å². The highest BCUT2D eigenvalue weighted by atomic mass is 16.5. The van der Waals surface area contributed by atoms with Crippen LogP contribution in [0, 0.1) is 0 Å². The van der Waals surface area contributed by atoms with Crippen molar-refractivity contribution in [2.75, 3.05) is 50.9 Å². The summed E-state index contributed by atoms with van der Waals surface area (Å²) in [6.45, 7) is 7.64. The molecular weight excluding hydrogens is 364 g/mol. The molecule has 0 saturated carbocycles. The number of aliphatic hydroxyl groups excluding tert-OH is 1. The molecule has 1 aliphatic rings. The molecule has 1 atom stereocenters. The van der Waals surface area contributed by atoms with E-state index < -0.39 is 0 Å². The Morgan fingerprint density at radius 1 is 1.07 bits per heavy atom. The van der Waals surface area contributed by atoms with Crippen LogP contribution in [0.5, 0.6) is 0 Å². The molecule has 156 valence electrons. The van der Waals surface area contributed by atoms with E-state index in [4.69, 9.17) is 9.73 Å². The standard InChI is InChI=1S/C23H32N4O2/c1-2-24-23(26-17-21(18-28)20-6-4-3-5-7-20)25-16-19-8-10-22(11-9-19)27-12-14-29-15-13-27/h3-11,21,28H,2,12-18H2,1H3,(H2,24,25,26). The second-order valence-electron chi connectivity index (χ2n) is 7.13. The summed E-state index contributed by atoms with van der Waals surface area (Å²) in [5.74, 6) is 0.798. The summed E-state index contributed by atoms with van der Waals surface area (Å²) in [4.78, 5) is 7.05. The molecule has 0 bridgehead atoms. The molecule has 3 rings (SSSR count). The van der Waals surface area contributed by atoms with Gasteiger partial charge in [-0.25, -0.2) is 4.99 Å². The van der Waals surface area contributed by atoms with Crippen LogP contribution in [0.15, 0.2) is 59.6 Å². The quantitative estimate of drug-likeness (QED) is 0.472. The maximum atomic E-state index is 9.75. The topological polar surface area (TPSA) is 69.1 Å². The van der Waals surface area contributed by atoms with Gasteiger partial charge in [0.05, 0.1) is 26.4 Å². The minimum atomic E-state index is 0.0351. The van der Waals surface area contributed by atoms with Crippen molar-refractivity contribution in [1.82, 2.24) is 10.6 Å². The summed E-state index contributed by atoms with van der Waals surface area (Å²) in [7, 11) is 0. The summed E-state index contributed by atoms with van der Waals surface area (Å²) in [6.07, 6.45) is 0. The van der Waals surface area contributed by atoms with E-state index in [1.807, 2.05) is 30.3 Å². The normalized spacial score (nSPS) is 15.8. The van der Waals surface area contributed by atoms with Crippen molar-refractivity contribution in [3.8, 4) is 0 Å². The Kier molecular flexibility index (Phi) is 8.34. The number of anilines is 1. The number of aliphatic hydroxyl groups is 1. The van der Waals surface area contributed by atoms with Crippen molar-refractivity contribution >= 4 is 11.6 Å². The molecule has 1 fully saturated rings. The van der Waals surface area contributed by atoms with Crippen LogP contribution in [0.1, 0.15) is 24.0 Å². The van der Waals surface area contributed by atoms with Crippen LogP contribution >= 0.6 is 0 Å². The molecule has 0 aliphatic carbocycles. The fourth-order valence-corrected chi connectivity index (χ4v) is 3.38. The Morgan fingerprint density at radius 3 is 2.45 bits per heavy atom. The minimum absolute atomic E-state index is 0.0351. The molecule has 6 nitrogen and oxygen atoms in total. The number of nitrogens with zero attached hydrogens (tertiary/aromatic N) is 2. The molecule has 2 aromatic rings. The highest BCUT2D eigenvalue weighted by Crippen LogP contribution is 2.17. The van der Waals surface area contributed by atoms with Gasteiger partial charge in [0.25, 0.3) is 0 Å². The molecule has 0 aromatic heterocycles. The molecule has 29 heavy (non-hydrogen) atoms. The summed E-state index contributed by atoms with van der Waals surface area (Å²) >= 11 is 0. The highest BCUT2D eigenvalue weighted by molar-refractivity contribution is 5.79. The van der Waals surface area contributed by atoms with Gasteiger partial charge in [0, 0.05) is 37.8 Å². The SMILES string of the molecule is CCNC(=NCc1ccc(N2CCOCC2)cc1)NCC(CO)c1ccccc1. The summed E-state index contributed by atoms with van der Waals surface area (Å²) < 4.78 is 5.42. The van der Waals surface area contributed by atoms with Gasteiger partial charge in [-0.05, 0) is 30.2 Å². The summed E-state index contributed by atoms with van der Waals surface area (Å²) in [6, 6.07) is 18.7. The maximum absolute atomic E-state index is 9.75. The average Bonchev–Trinajstić information content (AvgIpc) is 2.79. The average molecular weight is 397 g/mol. The van der Waals surface area contributed by atoms with Gasteiger partial charge < -0.3 is 25.4 Å². The zero-order valence-corrected chi connectivity index (χ0v) is 17.2. The van der Waals surface area contributed by atoms with E-state index in [0.29, 0.717) is 13.1 Å². The van der Waals surface area contributed by atoms with E-state index in [2.05, 4.69) is 46.7 Å². The van der Waals surface area contributed by atoms with Gasteiger partial charge in [-0.2, -0.15) is 0 Å². The highest BCUT2D eigenvalue weighted by Gasteiger charge is 2.12. The number of nitrogens with one attached hydrogen (secondary N) is 2. The number of benzene rings is 2. The van der Waals surface area contributed by atoms with Crippen molar-refractivity contribution in [1.29, 1.82) is 0 Å². The molecule has 0 radical (unpaired) electrons. The van der Waals surface area contributed by atoms with E-state index in [1.165, 1.54) is 11.3 Å². The smallest absolute Gasteiger partial charge is 0.191 e. The second-order valence-corrected chi connectivity index (χ2v) is 7.13. The van der Waals surface area contributed by atoms with E-state index >= 15 is 0 Å². The maximum Gasteiger partial charge on any atom is 0.191 e. The van der Waals surface area contributed by atoms with Gasteiger partial charge in [-0.3, -0.25) is 0 Å². The first kappa shape index (κ1) is 21.1. The lowest BCUT2D eigenvalue weighted by Gasteiger charge is -2.28. The lowest BCUT2D eigenvalue weighted by Crippen LogP contribution is -2.39.